The lowest BCUT2D eigenvalue weighted by Crippen LogP contribution is -1.80. The first kappa shape index (κ1) is 6.23. The molecule has 0 aliphatic rings. The number of rotatable bonds is 0. The van der Waals surface area contributed by atoms with E-state index in [9.17, 15) is 0 Å². The molecule has 1 aromatic heterocycles. The van der Waals surface area contributed by atoms with Gasteiger partial charge in [0.05, 0.1) is 18.5 Å². The van der Waals surface area contributed by atoms with Crippen molar-refractivity contribution in [2.45, 2.75) is 0 Å². The molecule has 1 heteroatoms. The first-order valence-corrected chi connectivity index (χ1v) is 3.54. The van der Waals surface area contributed by atoms with Crippen LogP contribution in [0.25, 0.3) is 10.9 Å². The van der Waals surface area contributed by atoms with Gasteiger partial charge in [0.1, 0.15) is 0 Å². The number of benzene rings is 1. The van der Waals surface area contributed by atoms with Crippen LogP contribution >= 0.6 is 0 Å². The van der Waals surface area contributed by atoms with Gasteiger partial charge in [-0.15, -0.1) is 0 Å². The Bertz CT molecular complexity index is 379. The van der Waals surface area contributed by atoms with Gasteiger partial charge in [-0.25, -0.2) is 4.98 Å². The average molecular weight is 142 g/mol. The Kier molecular flexibility index (Phi) is 1.29. The van der Waals surface area contributed by atoms with E-state index in [1.54, 1.807) is 0 Å². The molecule has 0 atom stereocenters. The number of hydrogen-bond donors (Lipinski definition) is 0. The first-order valence-electron chi connectivity index (χ1n) is 3.54. The molecule has 0 bridgehead atoms. The third kappa shape index (κ3) is 1.05. The summed E-state index contributed by atoms with van der Waals surface area (Å²) in [7, 11) is 0. The van der Waals surface area contributed by atoms with Crippen molar-refractivity contribution in [3.05, 3.63) is 49.0 Å². The molecule has 0 saturated carbocycles. The molecule has 0 radical (unpaired) electrons. The van der Waals surface area contributed by atoms with Gasteiger partial charge in [-0.2, -0.15) is 0 Å². The SMILES string of the molecule is [CH2+]c1ccc2ccccc2n1. The summed E-state index contributed by atoms with van der Waals surface area (Å²) in [5, 5.41) is 1.17. The lowest BCUT2D eigenvalue weighted by Gasteiger charge is -1.91. The van der Waals surface area contributed by atoms with E-state index < -0.39 is 0 Å². The highest BCUT2D eigenvalue weighted by atomic mass is 14.7. The third-order valence-corrected chi connectivity index (χ3v) is 1.66. The van der Waals surface area contributed by atoms with Crippen LogP contribution < -0.4 is 0 Å². The molecule has 1 heterocycles. The van der Waals surface area contributed by atoms with Crippen molar-refractivity contribution in [3.63, 3.8) is 0 Å². The summed E-state index contributed by atoms with van der Waals surface area (Å²) in [6, 6.07) is 12.0. The highest BCUT2D eigenvalue weighted by Crippen LogP contribution is 2.10. The Balaban J connectivity index is 2.83. The maximum Gasteiger partial charge on any atom is 0.217 e. The summed E-state index contributed by atoms with van der Waals surface area (Å²) in [6.07, 6.45) is 0. The molecule has 2 rings (SSSR count). The molecular weight excluding hydrogens is 134 g/mol. The minimum absolute atomic E-state index is 0.823. The van der Waals surface area contributed by atoms with Crippen LogP contribution in [0, 0.1) is 6.92 Å². The molecule has 0 aliphatic carbocycles. The van der Waals surface area contributed by atoms with E-state index in [4.69, 9.17) is 0 Å². The predicted molar refractivity (Wildman–Crippen MR) is 46.2 cm³/mol. The minimum atomic E-state index is 0.823. The number of para-hydroxylation sites is 1. The van der Waals surface area contributed by atoms with Gasteiger partial charge in [-0.1, -0.05) is 18.2 Å². The monoisotopic (exact) mass is 142 g/mol. The summed E-state index contributed by atoms with van der Waals surface area (Å²) >= 11 is 0. The number of fused-ring (bicyclic) bond motifs is 1. The molecule has 0 amide bonds. The number of nitrogens with zero attached hydrogens (tertiary/aromatic N) is 1. The zero-order valence-electron chi connectivity index (χ0n) is 6.12. The fourth-order valence-corrected chi connectivity index (χ4v) is 1.11. The van der Waals surface area contributed by atoms with Crippen LogP contribution in [-0.4, -0.2) is 4.98 Å². The van der Waals surface area contributed by atoms with Crippen molar-refractivity contribution < 1.29 is 0 Å². The van der Waals surface area contributed by atoms with Gasteiger partial charge >= 0.3 is 0 Å². The fourth-order valence-electron chi connectivity index (χ4n) is 1.11. The fraction of sp³-hybridized carbons (Fsp3) is 0. The number of hydrogen-bond acceptors (Lipinski definition) is 1. The van der Waals surface area contributed by atoms with Gasteiger partial charge < -0.3 is 0 Å². The zero-order valence-corrected chi connectivity index (χ0v) is 6.12. The maximum absolute atomic E-state index is 4.26. The molecular formula is C10H8N+. The maximum atomic E-state index is 4.26. The topological polar surface area (TPSA) is 12.9 Å². The third-order valence-electron chi connectivity index (χ3n) is 1.66. The van der Waals surface area contributed by atoms with E-state index >= 15 is 0 Å². The van der Waals surface area contributed by atoms with Crippen molar-refractivity contribution >= 4 is 10.9 Å². The minimum Gasteiger partial charge on any atom is -0.209 e. The number of pyridine rings is 1. The van der Waals surface area contributed by atoms with Gasteiger partial charge in [0.15, 0.2) is 0 Å². The van der Waals surface area contributed by atoms with Crippen LogP contribution in [0.2, 0.25) is 0 Å². The molecule has 11 heavy (non-hydrogen) atoms. The van der Waals surface area contributed by atoms with Crippen molar-refractivity contribution in [2.75, 3.05) is 0 Å². The highest BCUT2D eigenvalue weighted by molar-refractivity contribution is 5.78. The second-order valence-corrected chi connectivity index (χ2v) is 2.50. The Morgan fingerprint density at radius 3 is 2.73 bits per heavy atom. The van der Waals surface area contributed by atoms with Gasteiger partial charge in [0.25, 0.3) is 0 Å². The Labute approximate surface area is 65.7 Å². The molecule has 1 aromatic carbocycles. The van der Waals surface area contributed by atoms with Crippen LogP contribution in [0.15, 0.2) is 36.4 Å². The van der Waals surface area contributed by atoms with Crippen molar-refractivity contribution in [2.24, 2.45) is 0 Å². The summed E-state index contributed by atoms with van der Waals surface area (Å²) in [6.45, 7) is 3.76. The summed E-state index contributed by atoms with van der Waals surface area (Å²) in [5.74, 6) is 0. The Morgan fingerprint density at radius 2 is 1.82 bits per heavy atom. The van der Waals surface area contributed by atoms with Crippen LogP contribution in [0.3, 0.4) is 0 Å². The van der Waals surface area contributed by atoms with E-state index in [0.717, 1.165) is 11.2 Å². The molecule has 0 unspecified atom stereocenters. The van der Waals surface area contributed by atoms with E-state index in [2.05, 4.69) is 11.9 Å². The van der Waals surface area contributed by atoms with Crippen LogP contribution in [0.1, 0.15) is 5.69 Å². The smallest absolute Gasteiger partial charge is 0.209 e. The molecule has 2 aromatic rings. The second-order valence-electron chi connectivity index (χ2n) is 2.50. The first-order chi connectivity index (χ1) is 5.36. The normalized spacial score (nSPS) is 10.2. The Hall–Kier alpha value is -1.50. The molecule has 0 N–H and O–H groups in total. The lowest BCUT2D eigenvalue weighted by molar-refractivity contribution is 1.34. The standard InChI is InChI=1S/C10H8N/c1-8-6-7-9-4-2-3-5-10(9)11-8/h2-7H,1H2/q+1. The van der Waals surface area contributed by atoms with E-state index in [1.165, 1.54) is 5.39 Å². The van der Waals surface area contributed by atoms with Crippen LogP contribution in [0.5, 0.6) is 0 Å². The highest BCUT2D eigenvalue weighted by Gasteiger charge is 1.96. The molecule has 1 nitrogen and oxygen atoms in total. The van der Waals surface area contributed by atoms with E-state index in [-0.39, 0.29) is 0 Å². The zero-order chi connectivity index (χ0) is 7.68. The molecule has 52 valence electrons. The van der Waals surface area contributed by atoms with Gasteiger partial charge in [0, 0.05) is 11.5 Å². The summed E-state index contributed by atoms with van der Waals surface area (Å²) in [4.78, 5) is 4.26. The summed E-state index contributed by atoms with van der Waals surface area (Å²) < 4.78 is 0. The summed E-state index contributed by atoms with van der Waals surface area (Å²) in [5.41, 5.74) is 1.84. The van der Waals surface area contributed by atoms with Crippen LogP contribution in [0.4, 0.5) is 0 Å². The largest absolute Gasteiger partial charge is 0.217 e. The van der Waals surface area contributed by atoms with Crippen LogP contribution in [-0.2, 0) is 0 Å². The predicted octanol–water partition coefficient (Wildman–Crippen LogP) is 2.42. The molecule has 0 saturated heterocycles. The second kappa shape index (κ2) is 2.27. The lowest BCUT2D eigenvalue weighted by atomic mass is 10.2. The quantitative estimate of drug-likeness (QED) is 0.515. The van der Waals surface area contributed by atoms with Crippen molar-refractivity contribution in [3.8, 4) is 0 Å². The Morgan fingerprint density at radius 1 is 1.00 bits per heavy atom. The molecule has 0 fully saturated rings. The molecule has 0 aliphatic heterocycles. The average Bonchev–Trinajstić information content (AvgIpc) is 2.04. The van der Waals surface area contributed by atoms with Crippen molar-refractivity contribution in [1.82, 2.24) is 4.98 Å². The van der Waals surface area contributed by atoms with E-state index in [0.29, 0.717) is 0 Å². The van der Waals surface area contributed by atoms with Gasteiger partial charge in [-0.05, 0) is 6.07 Å². The molecule has 0 spiro atoms. The van der Waals surface area contributed by atoms with E-state index in [1.807, 2.05) is 36.4 Å². The van der Waals surface area contributed by atoms with Gasteiger partial charge in [0.2, 0.25) is 5.69 Å². The number of aromatic nitrogens is 1. The van der Waals surface area contributed by atoms with Gasteiger partial charge in [-0.3, -0.25) is 0 Å². The van der Waals surface area contributed by atoms with Crippen molar-refractivity contribution in [1.29, 1.82) is 0 Å².